The van der Waals surface area contributed by atoms with E-state index in [9.17, 15) is 9.59 Å². The number of ketones is 1. The van der Waals surface area contributed by atoms with E-state index in [4.69, 9.17) is 16.3 Å². The highest BCUT2D eigenvalue weighted by molar-refractivity contribution is 6.52. The molecule has 1 aromatic rings. The highest BCUT2D eigenvalue weighted by atomic mass is 35.5. The van der Waals surface area contributed by atoms with Crippen molar-refractivity contribution in [3.8, 4) is 0 Å². The molecule has 0 radical (unpaired) electrons. The number of rotatable bonds is 5. The van der Waals surface area contributed by atoms with Gasteiger partial charge >= 0.3 is 0 Å². The zero-order valence-electron chi connectivity index (χ0n) is 10.8. The first-order valence-electron chi connectivity index (χ1n) is 6.01. The van der Waals surface area contributed by atoms with Crippen molar-refractivity contribution >= 4 is 34.7 Å². The summed E-state index contributed by atoms with van der Waals surface area (Å²) in [5, 5.41) is 3.00. The first-order valence-corrected chi connectivity index (χ1v) is 6.39. The minimum absolute atomic E-state index is 0.335. The summed E-state index contributed by atoms with van der Waals surface area (Å²) in [6.07, 6.45) is 0. The third-order valence-electron chi connectivity index (χ3n) is 3.07. The van der Waals surface area contributed by atoms with Crippen LogP contribution in [0.1, 0.15) is 17.3 Å². The number of benzene rings is 1. The minimum atomic E-state index is -0.608. The van der Waals surface area contributed by atoms with Crippen molar-refractivity contribution in [2.75, 3.05) is 37.0 Å². The second-order valence-corrected chi connectivity index (χ2v) is 4.61. The maximum Gasteiger partial charge on any atom is 0.296 e. The molecule has 19 heavy (non-hydrogen) atoms. The average molecular weight is 283 g/mol. The Kier molecular flexibility index (Phi) is 4.07. The lowest BCUT2D eigenvalue weighted by atomic mass is 10.1. The van der Waals surface area contributed by atoms with E-state index in [-0.39, 0.29) is 0 Å². The molecule has 1 aromatic carbocycles. The molecule has 0 saturated heterocycles. The predicted octanol–water partition coefficient (Wildman–Crippen LogP) is 1.95. The SMILES string of the molecule is CCN(CCOC)c1cc2c(cc1Cl)C(=O)C(=O)N2. The fraction of sp³-hybridized carbons (Fsp3) is 0.385. The molecule has 102 valence electrons. The van der Waals surface area contributed by atoms with Gasteiger partial charge in [0.05, 0.1) is 28.6 Å². The van der Waals surface area contributed by atoms with Crippen LogP contribution in [0.5, 0.6) is 0 Å². The Hall–Kier alpha value is -1.59. The summed E-state index contributed by atoms with van der Waals surface area (Å²) in [6.45, 7) is 4.02. The Morgan fingerprint density at radius 1 is 1.37 bits per heavy atom. The highest BCUT2D eigenvalue weighted by Gasteiger charge is 2.29. The monoisotopic (exact) mass is 282 g/mol. The van der Waals surface area contributed by atoms with Crippen LogP contribution in [0.3, 0.4) is 0 Å². The van der Waals surface area contributed by atoms with Crippen molar-refractivity contribution in [1.29, 1.82) is 0 Å². The first kappa shape index (κ1) is 13.8. The van der Waals surface area contributed by atoms with Crippen molar-refractivity contribution in [3.05, 3.63) is 22.7 Å². The molecule has 0 spiro atoms. The molecule has 2 rings (SSSR count). The molecule has 0 aromatic heterocycles. The van der Waals surface area contributed by atoms with E-state index in [1.807, 2.05) is 11.8 Å². The van der Waals surface area contributed by atoms with Gasteiger partial charge in [0.25, 0.3) is 11.7 Å². The van der Waals surface area contributed by atoms with Crippen LogP contribution in [0.4, 0.5) is 11.4 Å². The summed E-state index contributed by atoms with van der Waals surface area (Å²) in [5.74, 6) is -1.15. The molecule has 1 amide bonds. The number of hydrogen-bond donors (Lipinski definition) is 1. The lowest BCUT2D eigenvalue weighted by Gasteiger charge is -2.24. The third-order valence-corrected chi connectivity index (χ3v) is 3.38. The third kappa shape index (κ3) is 2.57. The standard InChI is InChI=1S/C13H15ClN2O3/c1-3-16(4-5-19-2)11-7-10-8(6-9(11)14)12(17)13(18)15-10/h6-7H,3-5H2,1-2H3,(H,15,17,18). The molecule has 6 heteroatoms. The molecule has 0 fully saturated rings. The molecule has 5 nitrogen and oxygen atoms in total. The molecular formula is C13H15ClN2O3. The Morgan fingerprint density at radius 3 is 2.74 bits per heavy atom. The number of nitrogens with zero attached hydrogens (tertiary/aromatic N) is 1. The summed E-state index contributed by atoms with van der Waals surface area (Å²) in [7, 11) is 1.64. The van der Waals surface area contributed by atoms with Gasteiger partial charge in [0.2, 0.25) is 0 Å². The van der Waals surface area contributed by atoms with Gasteiger partial charge < -0.3 is 15.0 Å². The Bertz CT molecular complexity index is 531. The molecule has 0 atom stereocenters. The Balaban J connectivity index is 2.35. The van der Waals surface area contributed by atoms with E-state index in [0.717, 1.165) is 12.2 Å². The van der Waals surface area contributed by atoms with E-state index in [1.54, 1.807) is 19.2 Å². The number of ether oxygens (including phenoxy) is 1. The molecule has 0 bridgehead atoms. The molecule has 1 N–H and O–H groups in total. The number of anilines is 2. The summed E-state index contributed by atoms with van der Waals surface area (Å²) < 4.78 is 5.05. The Morgan fingerprint density at radius 2 is 2.11 bits per heavy atom. The molecule has 1 aliphatic heterocycles. The lowest BCUT2D eigenvalue weighted by molar-refractivity contribution is -0.112. The van der Waals surface area contributed by atoms with E-state index in [2.05, 4.69) is 5.32 Å². The van der Waals surface area contributed by atoms with E-state index in [1.165, 1.54) is 0 Å². The summed E-state index contributed by atoms with van der Waals surface area (Å²) in [6, 6.07) is 3.28. The van der Waals surface area contributed by atoms with Crippen molar-refractivity contribution in [2.45, 2.75) is 6.92 Å². The number of nitrogens with one attached hydrogen (secondary N) is 1. The number of carbonyl (C=O) groups is 2. The molecule has 1 aliphatic rings. The smallest absolute Gasteiger partial charge is 0.296 e. The van der Waals surface area contributed by atoms with Gasteiger partial charge in [-0.05, 0) is 19.1 Å². The van der Waals surface area contributed by atoms with Gasteiger partial charge in [-0.1, -0.05) is 11.6 Å². The van der Waals surface area contributed by atoms with Crippen molar-refractivity contribution < 1.29 is 14.3 Å². The fourth-order valence-electron chi connectivity index (χ4n) is 2.05. The van der Waals surface area contributed by atoms with Gasteiger partial charge in [-0.15, -0.1) is 0 Å². The van der Waals surface area contributed by atoms with Crippen LogP contribution in [0.25, 0.3) is 0 Å². The maximum absolute atomic E-state index is 11.6. The highest BCUT2D eigenvalue weighted by Crippen LogP contribution is 2.34. The fourth-order valence-corrected chi connectivity index (χ4v) is 2.33. The van der Waals surface area contributed by atoms with Crippen LogP contribution < -0.4 is 10.2 Å². The number of halogens is 1. The molecule has 0 saturated carbocycles. The largest absolute Gasteiger partial charge is 0.383 e. The first-order chi connectivity index (χ1) is 9.08. The van der Waals surface area contributed by atoms with Crippen LogP contribution in [0.15, 0.2) is 12.1 Å². The van der Waals surface area contributed by atoms with Crippen LogP contribution >= 0.6 is 11.6 Å². The van der Waals surface area contributed by atoms with Crippen molar-refractivity contribution in [3.63, 3.8) is 0 Å². The van der Waals surface area contributed by atoms with Gasteiger partial charge in [-0.25, -0.2) is 0 Å². The van der Waals surface area contributed by atoms with Gasteiger partial charge in [0.15, 0.2) is 0 Å². The summed E-state index contributed by atoms with van der Waals surface area (Å²) in [5.41, 5.74) is 1.64. The molecule has 0 unspecified atom stereocenters. The number of amides is 1. The second-order valence-electron chi connectivity index (χ2n) is 4.20. The minimum Gasteiger partial charge on any atom is -0.383 e. The van der Waals surface area contributed by atoms with E-state index >= 15 is 0 Å². The number of fused-ring (bicyclic) bond motifs is 1. The van der Waals surface area contributed by atoms with Crippen molar-refractivity contribution in [1.82, 2.24) is 0 Å². The zero-order chi connectivity index (χ0) is 14.0. The maximum atomic E-state index is 11.6. The number of Topliss-reactive ketones (excluding diaryl/α,β-unsaturated/α-hetero) is 1. The number of methoxy groups -OCH3 is 1. The van der Waals surface area contributed by atoms with Crippen LogP contribution in [-0.2, 0) is 9.53 Å². The second kappa shape index (κ2) is 5.59. The molecule has 0 aliphatic carbocycles. The normalized spacial score (nSPS) is 13.4. The van der Waals surface area contributed by atoms with Crippen LogP contribution in [0, 0.1) is 0 Å². The van der Waals surface area contributed by atoms with Crippen molar-refractivity contribution in [2.24, 2.45) is 0 Å². The predicted molar refractivity (Wildman–Crippen MR) is 74.2 cm³/mol. The van der Waals surface area contributed by atoms with Gasteiger partial charge in [0.1, 0.15) is 0 Å². The Labute approximate surface area is 116 Å². The summed E-state index contributed by atoms with van der Waals surface area (Å²) in [4.78, 5) is 24.9. The quantitative estimate of drug-likeness (QED) is 0.839. The van der Waals surface area contributed by atoms with Crippen LogP contribution in [-0.4, -0.2) is 38.5 Å². The zero-order valence-corrected chi connectivity index (χ0v) is 11.6. The average Bonchev–Trinajstić information content (AvgIpc) is 2.66. The van der Waals surface area contributed by atoms with Crippen LogP contribution in [0.2, 0.25) is 5.02 Å². The van der Waals surface area contributed by atoms with E-state index in [0.29, 0.717) is 29.4 Å². The van der Waals surface area contributed by atoms with Gasteiger partial charge in [0, 0.05) is 20.2 Å². The lowest BCUT2D eigenvalue weighted by Crippen LogP contribution is -2.27. The van der Waals surface area contributed by atoms with Gasteiger partial charge in [-0.3, -0.25) is 9.59 Å². The number of likely N-dealkylation sites (N-methyl/N-ethyl adjacent to an activating group) is 1. The number of carbonyl (C=O) groups excluding carboxylic acids is 2. The molecular weight excluding hydrogens is 268 g/mol. The molecule has 1 heterocycles. The topological polar surface area (TPSA) is 58.6 Å². The summed E-state index contributed by atoms with van der Waals surface area (Å²) >= 11 is 6.20. The van der Waals surface area contributed by atoms with Gasteiger partial charge in [-0.2, -0.15) is 0 Å². The number of hydrogen-bond acceptors (Lipinski definition) is 4. The van der Waals surface area contributed by atoms with E-state index < -0.39 is 11.7 Å².